The van der Waals surface area contributed by atoms with E-state index in [9.17, 15) is 0 Å². The van der Waals surface area contributed by atoms with Gasteiger partial charge in [-0.05, 0) is 36.4 Å². The predicted octanol–water partition coefficient (Wildman–Crippen LogP) is 4.79. The fourth-order valence-corrected chi connectivity index (χ4v) is 3.88. The number of likely N-dealkylation sites (tertiary alicyclic amines) is 1. The van der Waals surface area contributed by atoms with Crippen molar-refractivity contribution >= 4 is 40.8 Å². The first-order chi connectivity index (χ1) is 14.3. The molecule has 0 spiro atoms. The van der Waals surface area contributed by atoms with Gasteiger partial charge in [-0.3, -0.25) is 0 Å². The van der Waals surface area contributed by atoms with Crippen molar-refractivity contribution in [1.82, 2.24) is 15.2 Å². The molecule has 0 amide bonds. The maximum absolute atomic E-state index is 5.96. The van der Waals surface area contributed by atoms with Crippen molar-refractivity contribution in [2.24, 2.45) is 10.9 Å². The van der Waals surface area contributed by atoms with Gasteiger partial charge in [-0.2, -0.15) is 0 Å². The molecule has 1 aromatic heterocycles. The van der Waals surface area contributed by atoms with E-state index in [1.165, 1.54) is 16.5 Å². The Morgan fingerprint density at radius 3 is 2.77 bits per heavy atom. The van der Waals surface area contributed by atoms with Crippen molar-refractivity contribution in [1.29, 1.82) is 0 Å². The maximum Gasteiger partial charge on any atom is 0.194 e. The summed E-state index contributed by atoms with van der Waals surface area (Å²) >= 11 is 0. The predicted molar refractivity (Wildman–Crippen MR) is 134 cm³/mol. The summed E-state index contributed by atoms with van der Waals surface area (Å²) in [6.45, 7) is 7.15. The number of hydrogen-bond donors (Lipinski definition) is 2. The quantitative estimate of drug-likeness (QED) is 0.269. The van der Waals surface area contributed by atoms with Crippen LogP contribution in [0.5, 0.6) is 0 Å². The van der Waals surface area contributed by atoms with E-state index in [1.807, 2.05) is 6.07 Å². The van der Waals surface area contributed by atoms with E-state index in [1.54, 1.807) is 0 Å². The lowest BCUT2D eigenvalue weighted by Crippen LogP contribution is -2.40. The molecule has 1 fully saturated rings. The molecule has 0 bridgehead atoms. The van der Waals surface area contributed by atoms with Crippen LogP contribution in [0, 0.1) is 5.92 Å². The Kier molecular flexibility index (Phi) is 8.57. The van der Waals surface area contributed by atoms with Crippen molar-refractivity contribution in [2.75, 3.05) is 26.2 Å². The topological polar surface area (TPSA) is 52.7 Å². The highest BCUT2D eigenvalue weighted by Gasteiger charge is 2.25. The number of aromatic amines is 1. The zero-order valence-corrected chi connectivity index (χ0v) is 19.8. The summed E-state index contributed by atoms with van der Waals surface area (Å²) in [5, 5.41) is 4.69. The second-order valence-corrected chi connectivity index (χ2v) is 7.65. The van der Waals surface area contributed by atoms with E-state index in [2.05, 4.69) is 76.7 Å². The Labute approximate surface area is 195 Å². The smallest absolute Gasteiger partial charge is 0.194 e. The standard InChI is InChI=1S/C24H30N4O.HI/c1-2-25-24(26-15-22-14-21-10-6-7-11-23(21)27-22)28-13-12-20(16-28)18-29-17-19-8-4-3-5-9-19;/h3-11,14,20,27H,2,12-13,15-18H2,1H3,(H,25,26);1H. The highest BCUT2D eigenvalue weighted by atomic mass is 127. The largest absolute Gasteiger partial charge is 0.376 e. The lowest BCUT2D eigenvalue weighted by Gasteiger charge is -2.21. The van der Waals surface area contributed by atoms with Gasteiger partial charge in [-0.25, -0.2) is 4.99 Å². The Bertz CT molecular complexity index is 908. The third-order valence-electron chi connectivity index (χ3n) is 5.37. The number of hydrogen-bond acceptors (Lipinski definition) is 2. The number of aromatic nitrogens is 1. The molecule has 160 valence electrons. The van der Waals surface area contributed by atoms with E-state index >= 15 is 0 Å². The Morgan fingerprint density at radius 2 is 1.97 bits per heavy atom. The Morgan fingerprint density at radius 1 is 1.17 bits per heavy atom. The molecule has 30 heavy (non-hydrogen) atoms. The molecule has 2 heterocycles. The van der Waals surface area contributed by atoms with Crippen LogP contribution in [0.4, 0.5) is 0 Å². The van der Waals surface area contributed by atoms with Crippen LogP contribution in [-0.2, 0) is 17.9 Å². The molecule has 3 aromatic rings. The SMILES string of the molecule is CCNC(=NCc1cc2ccccc2[nH]1)N1CCC(COCc2ccccc2)C1.I. The molecule has 1 unspecified atom stereocenters. The minimum Gasteiger partial charge on any atom is -0.376 e. The number of benzene rings is 2. The summed E-state index contributed by atoms with van der Waals surface area (Å²) in [7, 11) is 0. The van der Waals surface area contributed by atoms with E-state index in [0.29, 0.717) is 19.1 Å². The molecule has 1 atom stereocenters. The van der Waals surface area contributed by atoms with E-state index in [4.69, 9.17) is 9.73 Å². The van der Waals surface area contributed by atoms with Crippen molar-refractivity contribution in [3.05, 3.63) is 71.9 Å². The van der Waals surface area contributed by atoms with Crippen LogP contribution in [0.1, 0.15) is 24.6 Å². The van der Waals surface area contributed by atoms with Crippen LogP contribution >= 0.6 is 24.0 Å². The van der Waals surface area contributed by atoms with Gasteiger partial charge in [0.1, 0.15) is 0 Å². The maximum atomic E-state index is 5.96. The molecule has 2 aromatic carbocycles. The monoisotopic (exact) mass is 518 g/mol. The average Bonchev–Trinajstić information content (AvgIpc) is 3.38. The number of nitrogens with zero attached hydrogens (tertiary/aromatic N) is 2. The van der Waals surface area contributed by atoms with Crippen LogP contribution in [0.15, 0.2) is 65.7 Å². The van der Waals surface area contributed by atoms with Crippen molar-refractivity contribution < 1.29 is 4.74 Å². The fraction of sp³-hybridized carbons (Fsp3) is 0.375. The molecule has 6 heteroatoms. The lowest BCUT2D eigenvalue weighted by atomic mass is 10.1. The molecule has 4 rings (SSSR count). The molecule has 2 N–H and O–H groups in total. The molecule has 0 aliphatic carbocycles. The van der Waals surface area contributed by atoms with Crippen molar-refractivity contribution in [3.8, 4) is 0 Å². The summed E-state index contributed by atoms with van der Waals surface area (Å²) in [6, 6.07) is 20.9. The average molecular weight is 518 g/mol. The summed E-state index contributed by atoms with van der Waals surface area (Å²) in [4.78, 5) is 10.7. The van der Waals surface area contributed by atoms with Crippen molar-refractivity contribution in [3.63, 3.8) is 0 Å². The van der Waals surface area contributed by atoms with Crippen LogP contribution in [0.25, 0.3) is 10.9 Å². The molecule has 1 aliphatic heterocycles. The van der Waals surface area contributed by atoms with Crippen LogP contribution < -0.4 is 5.32 Å². The minimum absolute atomic E-state index is 0. The number of aliphatic imine (C=N–C) groups is 1. The van der Waals surface area contributed by atoms with Gasteiger partial charge >= 0.3 is 0 Å². The number of ether oxygens (including phenoxy) is 1. The Hall–Kier alpha value is -2.06. The molecule has 5 nitrogen and oxygen atoms in total. The highest BCUT2D eigenvalue weighted by Crippen LogP contribution is 2.19. The molecular weight excluding hydrogens is 487 g/mol. The van der Waals surface area contributed by atoms with Crippen LogP contribution in [0.2, 0.25) is 0 Å². The molecule has 1 saturated heterocycles. The number of H-pyrrole nitrogens is 1. The summed E-state index contributed by atoms with van der Waals surface area (Å²) < 4.78 is 5.96. The third kappa shape index (κ3) is 5.98. The third-order valence-corrected chi connectivity index (χ3v) is 5.37. The number of halogens is 1. The summed E-state index contributed by atoms with van der Waals surface area (Å²) in [5.41, 5.74) is 3.54. The Balaban J connectivity index is 0.00000256. The van der Waals surface area contributed by atoms with Gasteiger partial charge in [0.05, 0.1) is 19.8 Å². The summed E-state index contributed by atoms with van der Waals surface area (Å²) in [5.74, 6) is 1.55. The van der Waals surface area contributed by atoms with Gasteiger partial charge in [0.15, 0.2) is 5.96 Å². The minimum atomic E-state index is 0. The van der Waals surface area contributed by atoms with Gasteiger partial charge in [0.2, 0.25) is 0 Å². The first-order valence-corrected chi connectivity index (χ1v) is 10.5. The normalized spacial score (nSPS) is 16.6. The zero-order valence-electron chi connectivity index (χ0n) is 17.5. The van der Waals surface area contributed by atoms with E-state index < -0.39 is 0 Å². The van der Waals surface area contributed by atoms with Gasteiger partial charge < -0.3 is 19.9 Å². The second-order valence-electron chi connectivity index (χ2n) is 7.65. The number of fused-ring (bicyclic) bond motifs is 1. The van der Waals surface area contributed by atoms with Gasteiger partial charge in [-0.1, -0.05) is 48.5 Å². The zero-order chi connectivity index (χ0) is 19.9. The molecule has 0 saturated carbocycles. The second kappa shape index (κ2) is 11.4. The summed E-state index contributed by atoms with van der Waals surface area (Å²) in [6.07, 6.45) is 1.14. The highest BCUT2D eigenvalue weighted by molar-refractivity contribution is 14.0. The van der Waals surface area contributed by atoms with E-state index in [0.717, 1.165) is 44.3 Å². The lowest BCUT2D eigenvalue weighted by molar-refractivity contribution is 0.0906. The molecule has 0 radical (unpaired) electrons. The van der Waals surface area contributed by atoms with Gasteiger partial charge in [0.25, 0.3) is 0 Å². The van der Waals surface area contributed by atoms with E-state index in [-0.39, 0.29) is 24.0 Å². The molecular formula is C24H31IN4O. The number of para-hydroxylation sites is 1. The van der Waals surface area contributed by atoms with Gasteiger partial charge in [-0.15, -0.1) is 24.0 Å². The number of guanidine groups is 1. The van der Waals surface area contributed by atoms with Crippen molar-refractivity contribution in [2.45, 2.75) is 26.5 Å². The molecule has 1 aliphatic rings. The number of rotatable bonds is 7. The number of nitrogens with one attached hydrogen (secondary N) is 2. The fourth-order valence-electron chi connectivity index (χ4n) is 3.88. The van der Waals surface area contributed by atoms with Crippen LogP contribution in [-0.4, -0.2) is 42.1 Å². The first-order valence-electron chi connectivity index (χ1n) is 10.5. The first kappa shape index (κ1) is 22.6. The van der Waals surface area contributed by atoms with Crippen LogP contribution in [0.3, 0.4) is 0 Å². The van der Waals surface area contributed by atoms with Gasteiger partial charge in [0, 0.05) is 36.8 Å².